The molecule has 0 bridgehead atoms. The number of carbonyl (C=O) groups is 1. The summed E-state index contributed by atoms with van der Waals surface area (Å²) >= 11 is 0. The normalized spacial score (nSPS) is 12.3. The van der Waals surface area contributed by atoms with E-state index in [9.17, 15) is 26.7 Å². The third-order valence-electron chi connectivity index (χ3n) is 1.85. The van der Waals surface area contributed by atoms with Crippen molar-refractivity contribution in [3.63, 3.8) is 0 Å². The lowest BCUT2D eigenvalue weighted by molar-refractivity contribution is 0.0693. The van der Waals surface area contributed by atoms with Crippen LogP contribution in [0.25, 0.3) is 0 Å². The molecule has 18 heavy (non-hydrogen) atoms. The first kappa shape index (κ1) is 14.4. The SMILES string of the molecule is O=C(O)c1cc(S(=O)(=O)O)cc(S(=O)(=O)O)c1O. The summed E-state index contributed by atoms with van der Waals surface area (Å²) in [4.78, 5) is 8.24. The van der Waals surface area contributed by atoms with Crippen LogP contribution in [0.3, 0.4) is 0 Å². The minimum Gasteiger partial charge on any atom is -0.506 e. The molecule has 0 amide bonds. The molecule has 0 unspecified atom stereocenters. The molecule has 0 aliphatic carbocycles. The Hall–Kier alpha value is -1.69. The fraction of sp³-hybridized carbons (Fsp3) is 0. The maximum atomic E-state index is 10.8. The zero-order valence-corrected chi connectivity index (χ0v) is 9.93. The van der Waals surface area contributed by atoms with Crippen LogP contribution in [-0.2, 0) is 20.2 Å². The van der Waals surface area contributed by atoms with Crippen LogP contribution in [0, 0.1) is 0 Å². The first-order valence-corrected chi connectivity index (χ1v) is 6.88. The van der Waals surface area contributed by atoms with Crippen LogP contribution in [0.2, 0.25) is 0 Å². The number of hydrogen-bond acceptors (Lipinski definition) is 6. The van der Waals surface area contributed by atoms with E-state index >= 15 is 0 Å². The quantitative estimate of drug-likeness (QED) is 0.542. The molecule has 1 aromatic carbocycles. The third kappa shape index (κ3) is 2.76. The van der Waals surface area contributed by atoms with Gasteiger partial charge in [0.1, 0.15) is 10.5 Å². The van der Waals surface area contributed by atoms with Gasteiger partial charge in [-0.3, -0.25) is 9.11 Å². The maximum absolute atomic E-state index is 10.8. The maximum Gasteiger partial charge on any atom is 0.339 e. The molecule has 0 atom stereocenters. The molecule has 9 nitrogen and oxygen atoms in total. The van der Waals surface area contributed by atoms with Gasteiger partial charge in [-0.2, -0.15) is 16.8 Å². The number of carboxylic acids is 1. The van der Waals surface area contributed by atoms with Gasteiger partial charge in [0.05, 0.1) is 4.90 Å². The zero-order valence-electron chi connectivity index (χ0n) is 8.30. The van der Waals surface area contributed by atoms with E-state index in [1.807, 2.05) is 0 Å². The fourth-order valence-electron chi connectivity index (χ4n) is 1.09. The molecule has 0 aromatic heterocycles. The Balaban J connectivity index is 3.86. The second-order valence-electron chi connectivity index (χ2n) is 3.07. The topological polar surface area (TPSA) is 166 Å². The van der Waals surface area contributed by atoms with Gasteiger partial charge in [-0.25, -0.2) is 4.79 Å². The van der Waals surface area contributed by atoms with Crippen molar-refractivity contribution in [2.45, 2.75) is 9.79 Å². The molecular formula is C7H6O9S2. The number of rotatable bonds is 3. The molecule has 0 fully saturated rings. The highest BCUT2D eigenvalue weighted by molar-refractivity contribution is 7.86. The lowest BCUT2D eigenvalue weighted by Crippen LogP contribution is -2.08. The number of phenols is 1. The second-order valence-corrected chi connectivity index (χ2v) is 5.88. The van der Waals surface area contributed by atoms with Crippen molar-refractivity contribution < 1.29 is 40.9 Å². The minimum absolute atomic E-state index is 0.229. The zero-order chi connectivity index (χ0) is 14.3. The summed E-state index contributed by atoms with van der Waals surface area (Å²) in [6.07, 6.45) is 0. The Morgan fingerprint density at radius 1 is 1.00 bits per heavy atom. The van der Waals surface area contributed by atoms with Crippen LogP contribution in [-0.4, -0.2) is 42.1 Å². The standard InChI is InChI=1S/C7H6O9S2/c8-6-4(7(9)10)1-3(17(11,12)13)2-5(6)18(14,15)16/h1-2,8H,(H,9,10)(H,11,12,13)(H,14,15,16). The number of carboxylic acid groups (broad SMARTS) is 1. The van der Waals surface area contributed by atoms with Crippen molar-refractivity contribution in [3.05, 3.63) is 17.7 Å². The monoisotopic (exact) mass is 298 g/mol. The lowest BCUT2D eigenvalue weighted by atomic mass is 10.2. The number of aromatic carboxylic acids is 1. The molecule has 0 saturated heterocycles. The average molecular weight is 298 g/mol. The van der Waals surface area contributed by atoms with Gasteiger partial charge < -0.3 is 10.2 Å². The van der Waals surface area contributed by atoms with Crippen LogP contribution in [0.1, 0.15) is 10.4 Å². The van der Waals surface area contributed by atoms with Crippen LogP contribution < -0.4 is 0 Å². The molecule has 4 N–H and O–H groups in total. The average Bonchev–Trinajstić information content (AvgIpc) is 2.13. The lowest BCUT2D eigenvalue weighted by Gasteiger charge is -2.07. The smallest absolute Gasteiger partial charge is 0.339 e. The van der Waals surface area contributed by atoms with E-state index in [4.69, 9.17) is 14.2 Å². The van der Waals surface area contributed by atoms with Gasteiger partial charge in [-0.15, -0.1) is 0 Å². The van der Waals surface area contributed by atoms with Gasteiger partial charge in [-0.05, 0) is 12.1 Å². The first-order valence-electron chi connectivity index (χ1n) is 4.00. The summed E-state index contributed by atoms with van der Waals surface area (Å²) in [5.41, 5.74) is -1.10. The Labute approximate surface area is 101 Å². The van der Waals surface area contributed by atoms with Crippen LogP contribution in [0.5, 0.6) is 5.75 Å². The highest BCUT2D eigenvalue weighted by Crippen LogP contribution is 2.30. The summed E-state index contributed by atoms with van der Waals surface area (Å²) in [7, 11) is -9.97. The van der Waals surface area contributed by atoms with Gasteiger partial charge in [0.25, 0.3) is 20.2 Å². The van der Waals surface area contributed by atoms with Gasteiger partial charge in [0, 0.05) is 0 Å². The van der Waals surface area contributed by atoms with Crippen LogP contribution in [0.15, 0.2) is 21.9 Å². The largest absolute Gasteiger partial charge is 0.506 e. The van der Waals surface area contributed by atoms with Crippen molar-refractivity contribution in [2.24, 2.45) is 0 Å². The fourth-order valence-corrected chi connectivity index (χ4v) is 2.33. The molecule has 0 spiro atoms. The highest BCUT2D eigenvalue weighted by atomic mass is 32.2. The molecule has 100 valence electrons. The highest BCUT2D eigenvalue weighted by Gasteiger charge is 2.26. The summed E-state index contributed by atoms with van der Waals surface area (Å²) < 4.78 is 60.7. The Bertz CT molecular complexity index is 714. The third-order valence-corrected chi connectivity index (χ3v) is 3.55. The van der Waals surface area contributed by atoms with E-state index in [2.05, 4.69) is 0 Å². The van der Waals surface area contributed by atoms with E-state index in [1.165, 1.54) is 0 Å². The molecule has 0 aliphatic rings. The molecule has 0 radical (unpaired) electrons. The van der Waals surface area contributed by atoms with Crippen molar-refractivity contribution in [2.75, 3.05) is 0 Å². The number of hydrogen-bond donors (Lipinski definition) is 4. The summed E-state index contributed by atoms with van der Waals surface area (Å²) in [5.74, 6) is -3.18. The minimum atomic E-state index is -5.06. The predicted octanol–water partition coefficient (Wildman–Crippen LogP) is -0.416. The first-order chi connectivity index (χ1) is 7.94. The van der Waals surface area contributed by atoms with Gasteiger partial charge in [0.2, 0.25) is 0 Å². The van der Waals surface area contributed by atoms with Crippen molar-refractivity contribution in [1.29, 1.82) is 0 Å². The van der Waals surface area contributed by atoms with Gasteiger partial charge in [-0.1, -0.05) is 0 Å². The van der Waals surface area contributed by atoms with Gasteiger partial charge in [0.15, 0.2) is 5.75 Å². The Morgan fingerprint density at radius 2 is 1.50 bits per heavy atom. The summed E-state index contributed by atoms with van der Waals surface area (Å²) in [5, 5.41) is 17.9. The van der Waals surface area contributed by atoms with E-state index < -0.39 is 47.3 Å². The van der Waals surface area contributed by atoms with Crippen molar-refractivity contribution in [3.8, 4) is 5.75 Å². The van der Waals surface area contributed by atoms with E-state index in [0.29, 0.717) is 6.07 Å². The Kier molecular flexibility index (Phi) is 3.36. The van der Waals surface area contributed by atoms with Crippen molar-refractivity contribution >= 4 is 26.2 Å². The van der Waals surface area contributed by atoms with Crippen LogP contribution in [0.4, 0.5) is 0 Å². The molecule has 11 heteroatoms. The van der Waals surface area contributed by atoms with E-state index in [1.54, 1.807) is 0 Å². The number of benzene rings is 1. The summed E-state index contributed by atoms with van der Waals surface area (Å²) in [6.45, 7) is 0. The van der Waals surface area contributed by atoms with E-state index in [-0.39, 0.29) is 6.07 Å². The second kappa shape index (κ2) is 4.20. The van der Waals surface area contributed by atoms with Gasteiger partial charge >= 0.3 is 5.97 Å². The molecule has 0 aliphatic heterocycles. The molecule has 1 rings (SSSR count). The summed E-state index contributed by atoms with van der Waals surface area (Å²) in [6, 6.07) is 0.577. The molecule has 0 saturated carbocycles. The molecular weight excluding hydrogens is 292 g/mol. The molecule has 0 heterocycles. The van der Waals surface area contributed by atoms with Crippen LogP contribution >= 0.6 is 0 Å². The Morgan fingerprint density at radius 3 is 1.83 bits per heavy atom. The van der Waals surface area contributed by atoms with Crippen molar-refractivity contribution in [1.82, 2.24) is 0 Å². The number of aromatic hydroxyl groups is 1. The molecule has 1 aromatic rings. The van der Waals surface area contributed by atoms with E-state index in [0.717, 1.165) is 0 Å². The predicted molar refractivity (Wildman–Crippen MR) is 54.7 cm³/mol.